The Labute approximate surface area is 66.2 Å². The number of rotatable bonds is 2. The lowest BCUT2D eigenvalue weighted by Gasteiger charge is -1.90. The number of aryl methyl sites for hydroxylation is 1. The molecule has 0 amide bonds. The molecule has 0 N–H and O–H groups in total. The second-order valence-corrected chi connectivity index (χ2v) is 2.55. The summed E-state index contributed by atoms with van der Waals surface area (Å²) in [7, 11) is 0. The molecule has 5 heteroatoms. The zero-order valence-corrected chi connectivity index (χ0v) is 6.93. The number of aromatic nitrogens is 3. The van der Waals surface area contributed by atoms with Crippen LogP contribution >= 0.6 is 27.5 Å². The summed E-state index contributed by atoms with van der Waals surface area (Å²) in [6.45, 7) is 0.708. The second kappa shape index (κ2) is 3.17. The fraction of sp³-hybridized carbons (Fsp3) is 0.500. The molecule has 0 radical (unpaired) electrons. The van der Waals surface area contributed by atoms with Gasteiger partial charge in [-0.2, -0.15) is 0 Å². The van der Waals surface area contributed by atoms with Crippen LogP contribution < -0.4 is 0 Å². The number of hydrogen-bond donors (Lipinski definition) is 0. The Morgan fingerprint density at radius 2 is 2.56 bits per heavy atom. The van der Waals surface area contributed by atoms with E-state index in [1.165, 1.54) is 0 Å². The molecule has 50 valence electrons. The van der Waals surface area contributed by atoms with Gasteiger partial charge in [0, 0.05) is 5.88 Å². The van der Waals surface area contributed by atoms with Crippen LogP contribution in [0.25, 0.3) is 0 Å². The standard InChI is InChI=1S/C4H5BrClN3/c5-4-7-3-9(8-4)2-1-6/h3H,1-2H2. The van der Waals surface area contributed by atoms with E-state index in [9.17, 15) is 0 Å². The monoisotopic (exact) mass is 209 g/mol. The maximum Gasteiger partial charge on any atom is 0.217 e. The van der Waals surface area contributed by atoms with Gasteiger partial charge in [-0.1, -0.05) is 0 Å². The Bertz CT molecular complexity index is 188. The zero-order chi connectivity index (χ0) is 6.69. The highest BCUT2D eigenvalue weighted by atomic mass is 79.9. The molecule has 0 fully saturated rings. The molecule has 1 rings (SSSR count). The van der Waals surface area contributed by atoms with Crippen LogP contribution in [0.15, 0.2) is 11.1 Å². The minimum absolute atomic E-state index is 0.565. The zero-order valence-electron chi connectivity index (χ0n) is 4.59. The van der Waals surface area contributed by atoms with Gasteiger partial charge in [0.1, 0.15) is 6.33 Å². The van der Waals surface area contributed by atoms with Crippen LogP contribution in [0.4, 0.5) is 0 Å². The van der Waals surface area contributed by atoms with Crippen molar-refractivity contribution < 1.29 is 0 Å². The minimum atomic E-state index is 0.565. The second-order valence-electron chi connectivity index (χ2n) is 1.47. The van der Waals surface area contributed by atoms with Crippen LogP contribution in [0, 0.1) is 0 Å². The maximum atomic E-state index is 5.44. The SMILES string of the molecule is ClCCn1cnc(Br)n1. The average molecular weight is 210 g/mol. The average Bonchev–Trinajstić information content (AvgIpc) is 2.17. The highest BCUT2D eigenvalue weighted by molar-refractivity contribution is 9.10. The molecule has 0 bridgehead atoms. The lowest BCUT2D eigenvalue weighted by Crippen LogP contribution is -1.98. The molecule has 1 aromatic rings. The van der Waals surface area contributed by atoms with E-state index in [0.717, 1.165) is 0 Å². The van der Waals surface area contributed by atoms with Crippen LogP contribution in [0.1, 0.15) is 0 Å². The normalized spacial score (nSPS) is 10.0. The topological polar surface area (TPSA) is 30.7 Å². The molecule has 0 saturated carbocycles. The van der Waals surface area contributed by atoms with Crippen molar-refractivity contribution in [3.63, 3.8) is 0 Å². The Balaban J connectivity index is 2.61. The Morgan fingerprint density at radius 1 is 1.78 bits per heavy atom. The van der Waals surface area contributed by atoms with Crippen molar-refractivity contribution in [1.29, 1.82) is 0 Å². The van der Waals surface area contributed by atoms with Gasteiger partial charge in [0.15, 0.2) is 0 Å². The first-order chi connectivity index (χ1) is 4.33. The quantitative estimate of drug-likeness (QED) is 0.689. The van der Waals surface area contributed by atoms with Crippen molar-refractivity contribution in [3.05, 3.63) is 11.1 Å². The molecular weight excluding hydrogens is 205 g/mol. The lowest BCUT2D eigenvalue weighted by molar-refractivity contribution is 0.658. The molecule has 0 unspecified atom stereocenters. The van der Waals surface area contributed by atoms with Crippen LogP contribution in [-0.2, 0) is 6.54 Å². The molecular formula is C4H5BrClN3. The highest BCUT2D eigenvalue weighted by Gasteiger charge is 1.92. The van der Waals surface area contributed by atoms with Crippen LogP contribution in [0.2, 0.25) is 0 Å². The summed E-state index contributed by atoms with van der Waals surface area (Å²) >= 11 is 8.56. The van der Waals surface area contributed by atoms with E-state index in [0.29, 0.717) is 17.2 Å². The molecule has 0 aromatic carbocycles. The molecule has 0 aliphatic carbocycles. The van der Waals surface area contributed by atoms with Gasteiger partial charge in [-0.15, -0.1) is 16.7 Å². The molecule has 0 aliphatic heterocycles. The van der Waals surface area contributed by atoms with E-state index >= 15 is 0 Å². The predicted octanol–water partition coefficient (Wildman–Crippen LogP) is 1.28. The summed E-state index contributed by atoms with van der Waals surface area (Å²) in [6.07, 6.45) is 1.63. The maximum absolute atomic E-state index is 5.44. The molecule has 0 atom stereocenters. The number of nitrogens with zero attached hydrogens (tertiary/aromatic N) is 3. The van der Waals surface area contributed by atoms with Gasteiger partial charge >= 0.3 is 0 Å². The first kappa shape index (κ1) is 7.02. The predicted molar refractivity (Wildman–Crippen MR) is 38.4 cm³/mol. The van der Waals surface area contributed by atoms with Gasteiger partial charge in [0.25, 0.3) is 0 Å². The molecule has 9 heavy (non-hydrogen) atoms. The fourth-order valence-electron chi connectivity index (χ4n) is 0.466. The molecule has 0 spiro atoms. The third kappa shape index (κ3) is 1.95. The van der Waals surface area contributed by atoms with E-state index in [1.54, 1.807) is 11.0 Å². The fourth-order valence-corrected chi connectivity index (χ4v) is 0.935. The summed E-state index contributed by atoms with van der Waals surface area (Å²) < 4.78 is 2.28. The summed E-state index contributed by atoms with van der Waals surface area (Å²) in [5.74, 6) is 0.565. The smallest absolute Gasteiger partial charge is 0.217 e. The molecule has 0 aliphatic rings. The van der Waals surface area contributed by atoms with Crippen LogP contribution in [0.5, 0.6) is 0 Å². The van der Waals surface area contributed by atoms with Crippen molar-refractivity contribution in [1.82, 2.24) is 14.8 Å². The summed E-state index contributed by atoms with van der Waals surface area (Å²) in [6, 6.07) is 0. The van der Waals surface area contributed by atoms with Crippen molar-refractivity contribution in [2.45, 2.75) is 6.54 Å². The molecule has 1 aromatic heterocycles. The first-order valence-electron chi connectivity index (χ1n) is 2.44. The number of hydrogen-bond acceptors (Lipinski definition) is 2. The Hall–Kier alpha value is -0.0900. The van der Waals surface area contributed by atoms with E-state index < -0.39 is 0 Å². The summed E-state index contributed by atoms with van der Waals surface area (Å²) in [4.78, 5) is 3.85. The number of halogens is 2. The summed E-state index contributed by atoms with van der Waals surface area (Å²) in [5.41, 5.74) is 0. The van der Waals surface area contributed by atoms with E-state index in [-0.39, 0.29) is 0 Å². The van der Waals surface area contributed by atoms with E-state index in [1.807, 2.05) is 0 Å². The van der Waals surface area contributed by atoms with Crippen LogP contribution in [-0.4, -0.2) is 20.6 Å². The minimum Gasteiger partial charge on any atom is -0.251 e. The highest BCUT2D eigenvalue weighted by Crippen LogP contribution is 1.98. The van der Waals surface area contributed by atoms with Gasteiger partial charge in [-0.3, -0.25) is 4.68 Å². The van der Waals surface area contributed by atoms with Crippen molar-refractivity contribution >= 4 is 27.5 Å². The first-order valence-corrected chi connectivity index (χ1v) is 3.76. The molecule has 3 nitrogen and oxygen atoms in total. The molecule has 0 saturated heterocycles. The van der Waals surface area contributed by atoms with Crippen LogP contribution in [0.3, 0.4) is 0 Å². The number of alkyl halides is 1. The lowest BCUT2D eigenvalue weighted by atomic mass is 10.8. The van der Waals surface area contributed by atoms with Gasteiger partial charge in [0.05, 0.1) is 6.54 Å². The van der Waals surface area contributed by atoms with Gasteiger partial charge in [-0.05, 0) is 15.9 Å². The largest absolute Gasteiger partial charge is 0.251 e. The van der Waals surface area contributed by atoms with Crippen molar-refractivity contribution in [3.8, 4) is 0 Å². The van der Waals surface area contributed by atoms with Crippen molar-refractivity contribution in [2.24, 2.45) is 0 Å². The summed E-state index contributed by atoms with van der Waals surface area (Å²) in [5, 5.41) is 3.94. The van der Waals surface area contributed by atoms with Gasteiger partial charge in [-0.25, -0.2) is 4.98 Å². The van der Waals surface area contributed by atoms with E-state index in [4.69, 9.17) is 11.6 Å². The van der Waals surface area contributed by atoms with Gasteiger partial charge in [0.2, 0.25) is 4.73 Å². The third-order valence-corrected chi connectivity index (χ3v) is 1.35. The third-order valence-electron chi connectivity index (χ3n) is 0.822. The Morgan fingerprint density at radius 3 is 3.00 bits per heavy atom. The Kier molecular flexibility index (Phi) is 2.48. The molecule has 1 heterocycles. The van der Waals surface area contributed by atoms with Crippen molar-refractivity contribution in [2.75, 3.05) is 5.88 Å². The van der Waals surface area contributed by atoms with E-state index in [2.05, 4.69) is 26.0 Å². The van der Waals surface area contributed by atoms with Gasteiger partial charge < -0.3 is 0 Å².